The average Bonchev–Trinajstić information content (AvgIpc) is 3.10. The van der Waals surface area contributed by atoms with E-state index in [9.17, 15) is 4.79 Å². The Morgan fingerprint density at radius 2 is 1.79 bits per heavy atom. The molecule has 2 aromatic heterocycles. The van der Waals surface area contributed by atoms with E-state index in [1.807, 2.05) is 51.1 Å². The highest BCUT2D eigenvalue weighted by atomic mass is 32.2. The third-order valence-corrected chi connectivity index (χ3v) is 5.23. The van der Waals surface area contributed by atoms with Gasteiger partial charge in [-0.2, -0.15) is 0 Å². The Kier molecular flexibility index (Phi) is 6.98. The highest BCUT2D eigenvalue weighted by Crippen LogP contribution is 2.24. The van der Waals surface area contributed by atoms with Crippen LogP contribution in [-0.2, 0) is 5.75 Å². The first kappa shape index (κ1) is 21.0. The molecule has 8 heteroatoms. The SMILES string of the molecule is CCCCNC(=O)c1nnn(-c2ccc(C)cc2)c1CSc1nc(C)cc(C)n1. The highest BCUT2D eigenvalue weighted by molar-refractivity contribution is 7.98. The maximum absolute atomic E-state index is 12.7. The van der Waals surface area contributed by atoms with Gasteiger partial charge in [0.1, 0.15) is 0 Å². The Morgan fingerprint density at radius 3 is 2.45 bits per heavy atom. The van der Waals surface area contributed by atoms with Crippen molar-refractivity contribution >= 4 is 17.7 Å². The summed E-state index contributed by atoms with van der Waals surface area (Å²) in [5.41, 5.74) is 4.94. The van der Waals surface area contributed by atoms with E-state index in [1.54, 1.807) is 4.68 Å². The maximum atomic E-state index is 12.7. The van der Waals surface area contributed by atoms with Crippen LogP contribution in [0.1, 0.15) is 52.9 Å². The fourth-order valence-electron chi connectivity index (χ4n) is 2.85. The van der Waals surface area contributed by atoms with Gasteiger partial charge >= 0.3 is 0 Å². The number of carbonyl (C=O) groups is 1. The standard InChI is InChI=1S/C21H26N6OS/c1-5-6-11-22-20(28)19-18(13-29-21-23-15(3)12-16(4)24-21)27(26-25-19)17-9-7-14(2)8-10-17/h7-10,12H,5-6,11,13H2,1-4H3,(H,22,28). The van der Waals surface area contributed by atoms with Crippen LogP contribution >= 0.6 is 11.8 Å². The van der Waals surface area contributed by atoms with Crippen molar-refractivity contribution in [3.63, 3.8) is 0 Å². The van der Waals surface area contributed by atoms with Gasteiger partial charge in [0.05, 0.1) is 11.4 Å². The quantitative estimate of drug-likeness (QED) is 0.345. The molecule has 0 aliphatic heterocycles. The van der Waals surface area contributed by atoms with E-state index >= 15 is 0 Å². The molecule has 0 saturated carbocycles. The van der Waals surface area contributed by atoms with Gasteiger partial charge in [-0.3, -0.25) is 4.79 Å². The molecule has 3 rings (SSSR count). The van der Waals surface area contributed by atoms with Gasteiger partial charge in [-0.25, -0.2) is 14.6 Å². The van der Waals surface area contributed by atoms with Gasteiger partial charge in [0.25, 0.3) is 5.91 Å². The van der Waals surface area contributed by atoms with E-state index in [-0.39, 0.29) is 5.91 Å². The topological polar surface area (TPSA) is 85.6 Å². The van der Waals surface area contributed by atoms with Crippen molar-refractivity contribution in [1.29, 1.82) is 0 Å². The van der Waals surface area contributed by atoms with E-state index in [1.165, 1.54) is 11.8 Å². The summed E-state index contributed by atoms with van der Waals surface area (Å²) in [6.07, 6.45) is 1.95. The second-order valence-corrected chi connectivity index (χ2v) is 7.91. The molecule has 1 aromatic carbocycles. The molecule has 0 aliphatic carbocycles. The molecule has 152 valence electrons. The molecule has 0 unspecified atom stereocenters. The van der Waals surface area contributed by atoms with Gasteiger partial charge in [-0.1, -0.05) is 48.0 Å². The molecule has 0 spiro atoms. The third kappa shape index (κ3) is 5.41. The monoisotopic (exact) mass is 410 g/mol. The Balaban J connectivity index is 1.90. The largest absolute Gasteiger partial charge is 0.351 e. The summed E-state index contributed by atoms with van der Waals surface area (Å²) in [6, 6.07) is 9.92. The van der Waals surface area contributed by atoms with Crippen molar-refractivity contribution in [2.75, 3.05) is 6.54 Å². The first-order chi connectivity index (χ1) is 14.0. The number of hydrogen-bond acceptors (Lipinski definition) is 6. The maximum Gasteiger partial charge on any atom is 0.273 e. The van der Waals surface area contributed by atoms with E-state index in [0.717, 1.165) is 41.2 Å². The minimum atomic E-state index is -0.200. The van der Waals surface area contributed by atoms with Crippen LogP contribution in [0.4, 0.5) is 0 Å². The van der Waals surface area contributed by atoms with Crippen molar-refractivity contribution in [2.24, 2.45) is 0 Å². The molecule has 0 atom stereocenters. The van der Waals surface area contributed by atoms with Crippen LogP contribution in [0.15, 0.2) is 35.5 Å². The highest BCUT2D eigenvalue weighted by Gasteiger charge is 2.21. The number of unbranched alkanes of at least 4 members (excludes halogenated alkanes) is 1. The molecule has 1 amide bonds. The Hall–Kier alpha value is -2.74. The number of carbonyl (C=O) groups excluding carboxylic acids is 1. The first-order valence-electron chi connectivity index (χ1n) is 9.73. The second kappa shape index (κ2) is 9.65. The van der Waals surface area contributed by atoms with E-state index in [4.69, 9.17) is 0 Å². The average molecular weight is 411 g/mol. The summed E-state index contributed by atoms with van der Waals surface area (Å²) in [7, 11) is 0. The summed E-state index contributed by atoms with van der Waals surface area (Å²) in [4.78, 5) is 21.7. The van der Waals surface area contributed by atoms with Crippen LogP contribution < -0.4 is 5.32 Å². The number of amides is 1. The molecule has 0 radical (unpaired) electrons. The lowest BCUT2D eigenvalue weighted by Crippen LogP contribution is -2.26. The molecule has 29 heavy (non-hydrogen) atoms. The molecule has 3 aromatic rings. The number of benzene rings is 1. The summed E-state index contributed by atoms with van der Waals surface area (Å²) >= 11 is 1.48. The second-order valence-electron chi connectivity index (χ2n) is 6.96. The summed E-state index contributed by atoms with van der Waals surface area (Å²) in [5.74, 6) is 0.286. The Morgan fingerprint density at radius 1 is 1.10 bits per heavy atom. The van der Waals surface area contributed by atoms with Crippen LogP contribution in [0.5, 0.6) is 0 Å². The van der Waals surface area contributed by atoms with Gasteiger partial charge in [0.2, 0.25) is 0 Å². The number of nitrogens with one attached hydrogen (secondary N) is 1. The Labute approximate surface area is 175 Å². The zero-order chi connectivity index (χ0) is 20.8. The van der Waals surface area contributed by atoms with E-state index < -0.39 is 0 Å². The number of hydrogen-bond donors (Lipinski definition) is 1. The lowest BCUT2D eigenvalue weighted by molar-refractivity contribution is 0.0947. The molecular formula is C21H26N6OS. The van der Waals surface area contributed by atoms with Crippen LogP contribution in [0.25, 0.3) is 5.69 Å². The number of nitrogens with zero attached hydrogens (tertiary/aromatic N) is 5. The van der Waals surface area contributed by atoms with Gasteiger partial charge in [0, 0.05) is 23.7 Å². The van der Waals surface area contributed by atoms with Gasteiger partial charge in [-0.05, 0) is 45.4 Å². The van der Waals surface area contributed by atoms with Gasteiger partial charge < -0.3 is 5.32 Å². The van der Waals surface area contributed by atoms with Crippen molar-refractivity contribution in [1.82, 2.24) is 30.3 Å². The van der Waals surface area contributed by atoms with Gasteiger partial charge in [-0.15, -0.1) is 5.10 Å². The zero-order valence-corrected chi connectivity index (χ0v) is 18.1. The predicted molar refractivity (Wildman–Crippen MR) is 114 cm³/mol. The third-order valence-electron chi connectivity index (χ3n) is 4.37. The minimum Gasteiger partial charge on any atom is -0.351 e. The van der Waals surface area contributed by atoms with Crippen LogP contribution in [0.2, 0.25) is 0 Å². The smallest absolute Gasteiger partial charge is 0.273 e. The summed E-state index contributed by atoms with van der Waals surface area (Å²) < 4.78 is 1.73. The summed E-state index contributed by atoms with van der Waals surface area (Å²) in [6.45, 7) is 8.64. The van der Waals surface area contributed by atoms with E-state index in [0.29, 0.717) is 23.1 Å². The number of aromatic nitrogens is 5. The zero-order valence-electron chi connectivity index (χ0n) is 17.3. The molecule has 1 N–H and O–H groups in total. The van der Waals surface area contributed by atoms with Gasteiger partial charge in [0.15, 0.2) is 10.9 Å². The normalized spacial score (nSPS) is 10.9. The number of rotatable bonds is 8. The predicted octanol–water partition coefficient (Wildman–Crippen LogP) is 3.80. The fourth-order valence-corrected chi connectivity index (χ4v) is 3.80. The van der Waals surface area contributed by atoms with Crippen molar-refractivity contribution in [3.8, 4) is 5.69 Å². The number of aryl methyl sites for hydroxylation is 3. The number of thioether (sulfide) groups is 1. The van der Waals surface area contributed by atoms with Crippen molar-refractivity contribution in [3.05, 3.63) is 58.7 Å². The fraction of sp³-hybridized carbons (Fsp3) is 0.381. The van der Waals surface area contributed by atoms with Crippen molar-refractivity contribution in [2.45, 2.75) is 51.4 Å². The van der Waals surface area contributed by atoms with Crippen LogP contribution in [0, 0.1) is 20.8 Å². The van der Waals surface area contributed by atoms with Crippen LogP contribution in [-0.4, -0.2) is 37.4 Å². The van der Waals surface area contributed by atoms with Crippen LogP contribution in [0.3, 0.4) is 0 Å². The first-order valence-corrected chi connectivity index (χ1v) is 10.7. The summed E-state index contributed by atoms with van der Waals surface area (Å²) in [5, 5.41) is 12.1. The lowest BCUT2D eigenvalue weighted by atomic mass is 10.2. The molecule has 0 bridgehead atoms. The molecule has 2 heterocycles. The molecule has 7 nitrogen and oxygen atoms in total. The lowest BCUT2D eigenvalue weighted by Gasteiger charge is -2.09. The Bertz CT molecular complexity index is 963. The molecule has 0 saturated heterocycles. The van der Waals surface area contributed by atoms with E-state index in [2.05, 4.69) is 32.5 Å². The molecule has 0 fully saturated rings. The molecule has 0 aliphatic rings. The molecular weight excluding hydrogens is 384 g/mol. The van der Waals surface area contributed by atoms with Crippen molar-refractivity contribution < 1.29 is 4.79 Å². The minimum absolute atomic E-state index is 0.200.